The summed E-state index contributed by atoms with van der Waals surface area (Å²) in [5.74, 6) is -0.163. The standard InChI is InChI=1S/C24H28ClN7O4S3/c1-13-8-18-19(11-26-13)38-22(28-18)23(33)32-7-6-31(12-16(32)3-5-20-29-24(37)36-30-20)39(34,35)21-10-14-9-15(25)2-4-17(14)27-21/h2,4,9-10,13,16,20,26-27,30H,3,5-8,11-12H2,1H3,(H,29,37). The fourth-order valence-corrected chi connectivity index (χ4v) is 8.11. The fourth-order valence-electron chi connectivity index (χ4n) is 5.25. The number of fused-ring (bicyclic) bond motifs is 2. The largest absolute Gasteiger partial charge is 0.376 e. The van der Waals surface area contributed by atoms with E-state index in [1.807, 2.05) is 0 Å². The first-order chi connectivity index (χ1) is 18.7. The van der Waals surface area contributed by atoms with Crippen molar-refractivity contribution < 1.29 is 18.0 Å². The van der Waals surface area contributed by atoms with E-state index >= 15 is 0 Å². The first-order valence-corrected chi connectivity index (χ1v) is 15.8. The monoisotopic (exact) mass is 609 g/mol. The van der Waals surface area contributed by atoms with Gasteiger partial charge in [0.05, 0.1) is 5.69 Å². The molecule has 208 valence electrons. The molecule has 2 fully saturated rings. The quantitative estimate of drug-likeness (QED) is 0.311. The third kappa shape index (κ3) is 5.38. The minimum absolute atomic E-state index is 0.102. The predicted octanol–water partition coefficient (Wildman–Crippen LogP) is 2.34. The number of aromatic amines is 1. The normalized spacial score (nSPS) is 24.0. The lowest BCUT2D eigenvalue weighted by atomic mass is 10.1. The molecule has 3 aromatic rings. The molecule has 5 heterocycles. The maximum Gasteiger partial charge on any atom is 0.283 e. The Kier molecular flexibility index (Phi) is 7.29. The number of carbonyl (C=O) groups is 1. The number of hydroxylamine groups is 1. The van der Waals surface area contributed by atoms with E-state index in [0.29, 0.717) is 41.0 Å². The highest BCUT2D eigenvalue weighted by molar-refractivity contribution is 7.89. The van der Waals surface area contributed by atoms with Crippen molar-refractivity contribution in [2.75, 3.05) is 19.6 Å². The van der Waals surface area contributed by atoms with Gasteiger partial charge < -0.3 is 25.4 Å². The average molecular weight is 610 g/mol. The summed E-state index contributed by atoms with van der Waals surface area (Å²) in [5.41, 5.74) is 4.48. The number of piperazine rings is 1. The van der Waals surface area contributed by atoms with Crippen LogP contribution in [0, 0.1) is 0 Å². The maximum absolute atomic E-state index is 13.7. The summed E-state index contributed by atoms with van der Waals surface area (Å²) < 4.78 is 28.8. The van der Waals surface area contributed by atoms with Crippen LogP contribution < -0.4 is 16.1 Å². The number of carbonyl (C=O) groups excluding carboxylic acids is 1. The molecule has 0 aliphatic carbocycles. The topological polar surface area (TPSA) is 132 Å². The van der Waals surface area contributed by atoms with Crippen LogP contribution in [0.25, 0.3) is 10.9 Å². The van der Waals surface area contributed by atoms with Gasteiger partial charge in [-0.15, -0.1) is 16.8 Å². The molecule has 0 saturated carbocycles. The van der Waals surface area contributed by atoms with Crippen LogP contribution in [0.5, 0.6) is 0 Å². The number of amides is 1. The van der Waals surface area contributed by atoms with Gasteiger partial charge in [-0.2, -0.15) is 4.31 Å². The van der Waals surface area contributed by atoms with Gasteiger partial charge in [0.2, 0.25) is 0 Å². The fraction of sp³-hybridized carbons (Fsp3) is 0.458. The smallest absolute Gasteiger partial charge is 0.283 e. The van der Waals surface area contributed by atoms with Crippen LogP contribution in [0.4, 0.5) is 0 Å². The summed E-state index contributed by atoms with van der Waals surface area (Å²) in [6.07, 6.45) is 1.66. The van der Waals surface area contributed by atoms with Crippen LogP contribution >= 0.6 is 35.2 Å². The minimum atomic E-state index is -3.84. The molecule has 4 N–H and O–H groups in total. The number of sulfonamides is 1. The van der Waals surface area contributed by atoms with Crippen molar-refractivity contribution >= 4 is 67.2 Å². The van der Waals surface area contributed by atoms with Crippen molar-refractivity contribution in [2.24, 2.45) is 0 Å². The summed E-state index contributed by atoms with van der Waals surface area (Å²) >= 11 is 12.5. The Bertz CT molecular complexity index is 1540. The molecule has 1 amide bonds. The molecule has 0 spiro atoms. The Labute approximate surface area is 240 Å². The zero-order valence-corrected chi connectivity index (χ0v) is 24.3. The number of thiazole rings is 1. The van der Waals surface area contributed by atoms with E-state index in [1.54, 1.807) is 29.2 Å². The third-order valence-electron chi connectivity index (χ3n) is 7.33. The van der Waals surface area contributed by atoms with Gasteiger partial charge >= 0.3 is 0 Å². The van der Waals surface area contributed by atoms with Gasteiger partial charge in [0.1, 0.15) is 11.2 Å². The molecule has 11 nitrogen and oxygen atoms in total. The van der Waals surface area contributed by atoms with E-state index in [1.165, 1.54) is 15.6 Å². The predicted molar refractivity (Wildman–Crippen MR) is 152 cm³/mol. The molecule has 15 heteroatoms. The van der Waals surface area contributed by atoms with Crippen LogP contribution in [0.2, 0.25) is 5.02 Å². The van der Waals surface area contributed by atoms with Gasteiger partial charge in [-0.25, -0.2) is 13.4 Å². The number of aromatic nitrogens is 2. The van der Waals surface area contributed by atoms with Crippen LogP contribution in [0.1, 0.15) is 40.1 Å². The van der Waals surface area contributed by atoms with Gasteiger partial charge in [-0.1, -0.05) is 11.6 Å². The molecule has 3 aliphatic rings. The summed E-state index contributed by atoms with van der Waals surface area (Å²) in [5, 5.41) is 8.50. The Hall–Kier alpha value is -2.33. The van der Waals surface area contributed by atoms with Gasteiger partial charge in [0.25, 0.3) is 21.1 Å². The zero-order valence-electron chi connectivity index (χ0n) is 21.1. The van der Waals surface area contributed by atoms with Gasteiger partial charge in [0, 0.05) is 65.5 Å². The summed E-state index contributed by atoms with van der Waals surface area (Å²) in [4.78, 5) is 29.4. The van der Waals surface area contributed by atoms with Gasteiger partial charge in [0.15, 0.2) is 5.01 Å². The lowest BCUT2D eigenvalue weighted by molar-refractivity contribution is 0.0535. The number of halogens is 1. The van der Waals surface area contributed by atoms with E-state index in [4.69, 9.17) is 28.7 Å². The molecule has 0 radical (unpaired) electrons. The van der Waals surface area contributed by atoms with E-state index < -0.39 is 10.0 Å². The number of H-pyrrole nitrogens is 1. The first-order valence-electron chi connectivity index (χ1n) is 12.7. The molecule has 3 unspecified atom stereocenters. The number of nitrogens with zero attached hydrogens (tertiary/aromatic N) is 3. The molecular weight excluding hydrogens is 582 g/mol. The number of hydrogen-bond acceptors (Lipinski definition) is 9. The molecule has 2 aromatic heterocycles. The molecule has 6 rings (SSSR count). The average Bonchev–Trinajstić information content (AvgIpc) is 3.64. The highest BCUT2D eigenvalue weighted by Crippen LogP contribution is 2.29. The van der Waals surface area contributed by atoms with Crippen LogP contribution in [0.3, 0.4) is 0 Å². The van der Waals surface area contributed by atoms with Gasteiger partial charge in [-0.3, -0.25) is 4.79 Å². The summed E-state index contributed by atoms with van der Waals surface area (Å²) in [6, 6.07) is 6.74. The van der Waals surface area contributed by atoms with Crippen LogP contribution in [0.15, 0.2) is 29.3 Å². The lowest BCUT2D eigenvalue weighted by Gasteiger charge is -2.40. The van der Waals surface area contributed by atoms with Crippen LogP contribution in [-0.4, -0.2) is 76.6 Å². The van der Waals surface area contributed by atoms with E-state index in [-0.39, 0.29) is 47.9 Å². The van der Waals surface area contributed by atoms with Crippen molar-refractivity contribution in [3.63, 3.8) is 0 Å². The third-order valence-corrected chi connectivity index (χ3v) is 10.6. The van der Waals surface area contributed by atoms with E-state index in [0.717, 1.165) is 22.4 Å². The van der Waals surface area contributed by atoms with Crippen molar-refractivity contribution in [3.05, 3.63) is 44.9 Å². The first kappa shape index (κ1) is 26.9. The molecular formula is C24H28ClN7O4S3. The number of rotatable bonds is 6. The number of nitrogens with one attached hydrogen (secondary N) is 4. The molecule has 3 atom stereocenters. The van der Waals surface area contributed by atoms with Crippen molar-refractivity contribution in [1.82, 2.24) is 35.3 Å². The Balaban J connectivity index is 1.24. The van der Waals surface area contributed by atoms with Crippen molar-refractivity contribution in [2.45, 2.75) is 56.0 Å². The SMILES string of the molecule is CC1Cc2nc(C(=O)N3CCN(S(=O)(=O)c4cc5cc(Cl)ccc5[nH]4)CC3CCC3NOC(=S)N3)sc2CN1. The Morgan fingerprint density at radius 3 is 2.92 bits per heavy atom. The van der Waals surface area contributed by atoms with Crippen molar-refractivity contribution in [1.29, 1.82) is 0 Å². The summed E-state index contributed by atoms with van der Waals surface area (Å²) in [6.45, 7) is 3.39. The number of benzene rings is 1. The molecule has 3 aliphatic heterocycles. The zero-order chi connectivity index (χ0) is 27.3. The second-order valence-corrected chi connectivity index (χ2v) is 13.8. The van der Waals surface area contributed by atoms with Crippen molar-refractivity contribution in [3.8, 4) is 0 Å². The molecule has 1 aromatic carbocycles. The minimum Gasteiger partial charge on any atom is -0.376 e. The highest BCUT2D eigenvalue weighted by atomic mass is 35.5. The maximum atomic E-state index is 13.7. The molecule has 39 heavy (non-hydrogen) atoms. The molecule has 0 bridgehead atoms. The summed E-state index contributed by atoms with van der Waals surface area (Å²) in [7, 11) is -3.84. The van der Waals surface area contributed by atoms with E-state index in [2.05, 4.69) is 33.0 Å². The highest BCUT2D eigenvalue weighted by Gasteiger charge is 2.39. The number of thiocarbonyl (C=S) groups is 1. The Morgan fingerprint density at radius 1 is 1.28 bits per heavy atom. The second-order valence-electron chi connectivity index (χ2n) is 10.0. The second kappa shape index (κ2) is 10.6. The van der Waals surface area contributed by atoms with Gasteiger partial charge in [-0.05, 0) is 56.2 Å². The number of hydrogen-bond donors (Lipinski definition) is 4. The Morgan fingerprint density at radius 2 is 2.13 bits per heavy atom. The lowest BCUT2D eigenvalue weighted by Crippen LogP contribution is -2.56. The molecule has 2 saturated heterocycles. The van der Waals surface area contributed by atoms with Crippen LogP contribution in [-0.2, 0) is 27.8 Å². The van der Waals surface area contributed by atoms with E-state index in [9.17, 15) is 13.2 Å².